The minimum absolute atomic E-state index is 0.255. The van der Waals surface area contributed by atoms with Crippen molar-refractivity contribution in [1.29, 1.82) is 0 Å². The maximum atomic E-state index is 12.8. The van der Waals surface area contributed by atoms with E-state index in [-0.39, 0.29) is 17.7 Å². The number of hydrogen-bond donors (Lipinski definition) is 2. The SMILES string of the molecule is COc1ccc([C@@H](Nc2cc(C)ccn2)c2c(NC(=O)c3ccco3)sc(C)c2C)cc1OC. The van der Waals surface area contributed by atoms with Crippen molar-refractivity contribution in [3.63, 3.8) is 0 Å². The average molecular weight is 478 g/mol. The Labute approximate surface area is 202 Å². The number of pyridine rings is 1. The smallest absolute Gasteiger partial charge is 0.291 e. The van der Waals surface area contributed by atoms with Crippen LogP contribution in [0.4, 0.5) is 10.8 Å². The van der Waals surface area contributed by atoms with Gasteiger partial charge in [0.1, 0.15) is 10.8 Å². The maximum absolute atomic E-state index is 12.8. The van der Waals surface area contributed by atoms with Crippen LogP contribution < -0.4 is 20.1 Å². The Morgan fingerprint density at radius 2 is 1.85 bits per heavy atom. The molecule has 0 spiro atoms. The van der Waals surface area contributed by atoms with Crippen LogP contribution in [0, 0.1) is 20.8 Å². The lowest BCUT2D eigenvalue weighted by molar-refractivity contribution is 0.0997. The number of methoxy groups -OCH3 is 2. The van der Waals surface area contributed by atoms with Gasteiger partial charge in [0.05, 0.1) is 26.5 Å². The summed E-state index contributed by atoms with van der Waals surface area (Å²) in [5.74, 6) is 1.95. The molecule has 34 heavy (non-hydrogen) atoms. The van der Waals surface area contributed by atoms with E-state index in [1.165, 1.54) is 17.6 Å². The summed E-state index contributed by atoms with van der Waals surface area (Å²) in [6.45, 7) is 6.12. The average Bonchev–Trinajstić information content (AvgIpc) is 3.46. The van der Waals surface area contributed by atoms with Gasteiger partial charge in [-0.05, 0) is 73.9 Å². The molecule has 0 aliphatic rings. The molecule has 4 rings (SSSR count). The molecule has 2 N–H and O–H groups in total. The van der Waals surface area contributed by atoms with Crippen LogP contribution in [-0.2, 0) is 0 Å². The molecule has 0 fully saturated rings. The molecule has 3 heterocycles. The summed E-state index contributed by atoms with van der Waals surface area (Å²) in [5, 5.41) is 7.36. The standard InChI is InChI=1S/C26H27N3O4S/c1-15-10-11-27-22(13-15)28-24(18-8-9-19(31-4)21(14-18)32-5)23-16(2)17(3)34-26(23)29-25(30)20-7-6-12-33-20/h6-14,24H,1-5H3,(H,27,28)(H,29,30)/t24-/m1/s1. The summed E-state index contributed by atoms with van der Waals surface area (Å²) in [6, 6.07) is 12.8. The number of rotatable bonds is 8. The molecule has 7 nitrogen and oxygen atoms in total. The number of carbonyl (C=O) groups is 1. The molecule has 0 radical (unpaired) electrons. The lowest BCUT2D eigenvalue weighted by Crippen LogP contribution is -2.18. The molecule has 0 saturated carbocycles. The van der Waals surface area contributed by atoms with E-state index in [0.29, 0.717) is 11.5 Å². The number of nitrogens with one attached hydrogen (secondary N) is 2. The Bertz CT molecular complexity index is 1300. The van der Waals surface area contributed by atoms with Gasteiger partial charge in [-0.1, -0.05) is 6.07 Å². The van der Waals surface area contributed by atoms with E-state index in [0.717, 1.165) is 37.9 Å². The number of aryl methyl sites for hydroxylation is 2. The number of anilines is 2. The van der Waals surface area contributed by atoms with Gasteiger partial charge in [-0.2, -0.15) is 0 Å². The third-order valence-electron chi connectivity index (χ3n) is 5.64. The normalized spacial score (nSPS) is 11.7. The van der Waals surface area contributed by atoms with Crippen LogP contribution in [0.25, 0.3) is 0 Å². The molecular formula is C26H27N3O4S. The fourth-order valence-electron chi connectivity index (χ4n) is 3.78. The second-order valence-corrected chi connectivity index (χ2v) is 9.09. The predicted molar refractivity (Wildman–Crippen MR) is 134 cm³/mol. The highest BCUT2D eigenvalue weighted by Gasteiger charge is 2.26. The Kier molecular flexibility index (Phi) is 6.88. The first-order chi connectivity index (χ1) is 16.4. The molecule has 1 amide bonds. The number of hydrogen-bond acceptors (Lipinski definition) is 7. The van der Waals surface area contributed by atoms with Gasteiger partial charge in [0.2, 0.25) is 0 Å². The van der Waals surface area contributed by atoms with Gasteiger partial charge >= 0.3 is 0 Å². The molecule has 3 aromatic heterocycles. The first kappa shape index (κ1) is 23.4. The van der Waals surface area contributed by atoms with Crippen molar-refractivity contribution in [2.45, 2.75) is 26.8 Å². The second-order valence-electron chi connectivity index (χ2n) is 7.87. The van der Waals surface area contributed by atoms with Gasteiger partial charge in [-0.15, -0.1) is 11.3 Å². The van der Waals surface area contributed by atoms with E-state index in [4.69, 9.17) is 13.9 Å². The van der Waals surface area contributed by atoms with Crippen LogP contribution in [0.1, 0.15) is 43.7 Å². The van der Waals surface area contributed by atoms with Gasteiger partial charge in [0, 0.05) is 16.6 Å². The molecule has 0 aliphatic carbocycles. The number of carbonyl (C=O) groups excluding carboxylic acids is 1. The Morgan fingerprint density at radius 3 is 2.53 bits per heavy atom. The van der Waals surface area contributed by atoms with Crippen molar-refractivity contribution >= 4 is 28.1 Å². The van der Waals surface area contributed by atoms with Crippen molar-refractivity contribution in [3.05, 3.63) is 87.8 Å². The zero-order valence-corrected chi connectivity index (χ0v) is 20.6. The lowest BCUT2D eigenvalue weighted by atomic mass is 9.96. The largest absolute Gasteiger partial charge is 0.493 e. The zero-order valence-electron chi connectivity index (χ0n) is 19.8. The zero-order chi connectivity index (χ0) is 24.2. The Hall–Kier alpha value is -3.78. The Balaban J connectivity index is 1.83. The van der Waals surface area contributed by atoms with Crippen molar-refractivity contribution in [3.8, 4) is 11.5 Å². The molecule has 0 unspecified atom stereocenters. The van der Waals surface area contributed by atoms with Crippen LogP contribution in [0.5, 0.6) is 11.5 Å². The van der Waals surface area contributed by atoms with Gasteiger partial charge in [-0.3, -0.25) is 4.79 Å². The predicted octanol–water partition coefficient (Wildman–Crippen LogP) is 6.13. The van der Waals surface area contributed by atoms with E-state index < -0.39 is 0 Å². The monoisotopic (exact) mass is 477 g/mol. The summed E-state index contributed by atoms with van der Waals surface area (Å²) >= 11 is 1.53. The third kappa shape index (κ3) is 4.77. The fraction of sp³-hybridized carbons (Fsp3) is 0.231. The first-order valence-electron chi connectivity index (χ1n) is 10.8. The summed E-state index contributed by atoms with van der Waals surface area (Å²) in [5.41, 5.74) is 4.07. The quantitative estimate of drug-likeness (QED) is 0.317. The van der Waals surface area contributed by atoms with Crippen LogP contribution in [-0.4, -0.2) is 25.1 Å². The minimum atomic E-state index is -0.314. The van der Waals surface area contributed by atoms with E-state index in [1.807, 2.05) is 44.2 Å². The number of furan rings is 1. The van der Waals surface area contributed by atoms with Crippen LogP contribution in [0.2, 0.25) is 0 Å². The summed E-state index contributed by atoms with van der Waals surface area (Å²) in [7, 11) is 3.22. The molecule has 0 aliphatic heterocycles. The summed E-state index contributed by atoms with van der Waals surface area (Å²) < 4.78 is 16.3. The third-order valence-corrected chi connectivity index (χ3v) is 6.78. The molecular weight excluding hydrogens is 450 g/mol. The first-order valence-corrected chi connectivity index (χ1v) is 11.6. The second kappa shape index (κ2) is 10.0. The number of nitrogens with zero attached hydrogens (tertiary/aromatic N) is 1. The molecule has 8 heteroatoms. The molecule has 4 aromatic rings. The summed E-state index contributed by atoms with van der Waals surface area (Å²) in [6.07, 6.45) is 3.26. The van der Waals surface area contributed by atoms with Gasteiger partial charge in [0.25, 0.3) is 5.91 Å². The van der Waals surface area contributed by atoms with Crippen LogP contribution >= 0.6 is 11.3 Å². The Morgan fingerprint density at radius 1 is 1.06 bits per heavy atom. The van der Waals surface area contributed by atoms with Crippen LogP contribution in [0.15, 0.2) is 59.3 Å². The molecule has 1 atom stereocenters. The highest BCUT2D eigenvalue weighted by molar-refractivity contribution is 7.16. The van der Waals surface area contributed by atoms with Crippen LogP contribution in [0.3, 0.4) is 0 Å². The molecule has 0 bridgehead atoms. The highest BCUT2D eigenvalue weighted by atomic mass is 32.1. The molecule has 0 saturated heterocycles. The maximum Gasteiger partial charge on any atom is 0.291 e. The highest BCUT2D eigenvalue weighted by Crippen LogP contribution is 2.42. The van der Waals surface area contributed by atoms with Crippen molar-refractivity contribution in [2.75, 3.05) is 24.9 Å². The van der Waals surface area contributed by atoms with E-state index >= 15 is 0 Å². The number of aromatic nitrogens is 1. The topological polar surface area (TPSA) is 85.6 Å². The number of thiophene rings is 1. The number of ether oxygens (including phenoxy) is 2. The van der Waals surface area contributed by atoms with Crippen molar-refractivity contribution < 1.29 is 18.7 Å². The van der Waals surface area contributed by atoms with E-state index in [9.17, 15) is 4.79 Å². The number of amides is 1. The van der Waals surface area contributed by atoms with E-state index in [2.05, 4.69) is 22.5 Å². The molecule has 1 aromatic carbocycles. The van der Waals surface area contributed by atoms with Crippen molar-refractivity contribution in [2.24, 2.45) is 0 Å². The van der Waals surface area contributed by atoms with Crippen molar-refractivity contribution in [1.82, 2.24) is 4.98 Å². The fourth-order valence-corrected chi connectivity index (χ4v) is 4.87. The van der Waals surface area contributed by atoms with E-state index in [1.54, 1.807) is 32.5 Å². The number of benzene rings is 1. The summed E-state index contributed by atoms with van der Waals surface area (Å²) in [4.78, 5) is 18.4. The van der Waals surface area contributed by atoms with Gasteiger partial charge < -0.3 is 24.5 Å². The van der Waals surface area contributed by atoms with Gasteiger partial charge in [-0.25, -0.2) is 4.98 Å². The molecule has 176 valence electrons. The minimum Gasteiger partial charge on any atom is -0.493 e. The lowest BCUT2D eigenvalue weighted by Gasteiger charge is -2.23. The van der Waals surface area contributed by atoms with Gasteiger partial charge in [0.15, 0.2) is 17.3 Å².